The largest absolute Gasteiger partial charge is 0.310 e. The van der Waals surface area contributed by atoms with Crippen molar-refractivity contribution in [2.75, 3.05) is 9.80 Å². The van der Waals surface area contributed by atoms with E-state index in [0.29, 0.717) is 0 Å². The molecule has 0 fully saturated rings. The molecule has 4 heterocycles. The summed E-state index contributed by atoms with van der Waals surface area (Å²) in [6, 6.07) is 105. The highest BCUT2D eigenvalue weighted by Gasteiger charge is 2.47. The van der Waals surface area contributed by atoms with Gasteiger partial charge in [-0.1, -0.05) is 327 Å². The van der Waals surface area contributed by atoms with Gasteiger partial charge in [-0.05, 0) is 226 Å². The van der Waals surface area contributed by atoms with E-state index in [-0.39, 0.29) is 44.6 Å². The molecule has 0 amide bonds. The fourth-order valence-electron chi connectivity index (χ4n) is 18.9. The predicted octanol–water partition coefficient (Wildman–Crippen LogP) is 28.9. The van der Waals surface area contributed by atoms with E-state index in [0.717, 1.165) is 48.4 Å². The number of anilines is 6. The normalized spacial score (nSPS) is 13.5. The van der Waals surface area contributed by atoms with E-state index in [2.05, 4.69) is 431 Å². The van der Waals surface area contributed by atoms with Gasteiger partial charge in [0.1, 0.15) is 0 Å². The van der Waals surface area contributed by atoms with Crippen LogP contribution in [0.1, 0.15) is 184 Å². The zero-order valence-electron chi connectivity index (χ0n) is 72.1. The summed E-state index contributed by atoms with van der Waals surface area (Å²) in [4.78, 5) is 5.63. The van der Waals surface area contributed by atoms with Crippen molar-refractivity contribution in [3.8, 4) is 55.9 Å². The molecular weight excluding hydrogens is 1390 g/mol. The fourth-order valence-corrected chi connectivity index (χ4v) is 18.9. The van der Waals surface area contributed by atoms with Gasteiger partial charge in [-0.3, -0.25) is 0 Å². The Kier molecular flexibility index (Phi) is 18.7. The molecule has 0 saturated carbocycles. The van der Waals surface area contributed by atoms with E-state index in [9.17, 15) is 0 Å². The van der Waals surface area contributed by atoms with E-state index >= 15 is 0 Å². The Morgan fingerprint density at radius 1 is 0.243 bits per heavy atom. The van der Waals surface area contributed by atoms with Crippen LogP contribution in [0.5, 0.6) is 0 Å². The maximum atomic E-state index is 2.81. The number of rotatable bonds is 12. The van der Waals surface area contributed by atoms with E-state index in [4.69, 9.17) is 0 Å². The first-order chi connectivity index (χ1) is 54.4. The van der Waals surface area contributed by atoms with Gasteiger partial charge in [-0.2, -0.15) is 0 Å². The third-order valence-electron chi connectivity index (χ3n) is 23.9. The summed E-state index contributed by atoms with van der Waals surface area (Å²) in [6.07, 6.45) is 3.74. The maximum Gasteiger partial charge on any atom is 0.252 e. The first-order valence-electron chi connectivity index (χ1n) is 42.2. The van der Waals surface area contributed by atoms with Crippen LogP contribution in [0.2, 0.25) is 0 Å². The van der Waals surface area contributed by atoms with Crippen LogP contribution in [0.15, 0.2) is 267 Å². The van der Waals surface area contributed by atoms with Crippen LogP contribution < -0.4 is 26.2 Å². The average molecular weight is 1500 g/mol. The highest BCUT2D eigenvalue weighted by atomic mass is 15.2. The summed E-state index contributed by atoms with van der Waals surface area (Å²) in [5.74, 6) is 0. The van der Waals surface area contributed by atoms with Gasteiger partial charge in [-0.25, -0.2) is 0 Å². The zero-order valence-corrected chi connectivity index (χ0v) is 72.1. The summed E-state index contributed by atoms with van der Waals surface area (Å²) < 4.78 is 5.08. The van der Waals surface area contributed by atoms with Crippen LogP contribution in [0, 0.1) is 21.7 Å². The van der Waals surface area contributed by atoms with Crippen LogP contribution in [0.3, 0.4) is 0 Å². The van der Waals surface area contributed by atoms with Gasteiger partial charge < -0.3 is 18.9 Å². The summed E-state index contributed by atoms with van der Waals surface area (Å²) in [5.41, 5.74) is 35.9. The van der Waals surface area contributed by atoms with E-state index in [1.807, 2.05) is 0 Å². The Bertz CT molecular complexity index is 5710. The molecule has 578 valence electrons. The number of para-hydroxylation sites is 4. The van der Waals surface area contributed by atoms with Crippen molar-refractivity contribution in [2.45, 2.75) is 187 Å². The van der Waals surface area contributed by atoms with Gasteiger partial charge in [-0.15, -0.1) is 0 Å². The molecule has 115 heavy (non-hydrogen) atoms. The lowest BCUT2D eigenvalue weighted by atomic mass is 9.33. The molecule has 2 aromatic heterocycles. The molecule has 0 spiro atoms. The minimum Gasteiger partial charge on any atom is -0.310 e. The molecule has 0 N–H and O–H groups in total. The van der Waals surface area contributed by atoms with Crippen molar-refractivity contribution < 1.29 is 0 Å². The first-order valence-corrected chi connectivity index (χ1v) is 42.2. The summed E-state index contributed by atoms with van der Waals surface area (Å²) in [7, 11) is 0. The molecule has 15 aromatic rings. The molecule has 4 nitrogen and oxygen atoms in total. The van der Waals surface area contributed by atoms with E-state index < -0.39 is 0 Å². The SMILES string of the molecule is CC(C)(C)Cc1cccc(-c2cc(C(C)(C)C)cc(-c3cccc(CC(C)(C)C)c3)c2N2c3cc(-n4c5ccccc5c5ccccc54)ccc3B3c4ccc(-n5c6ccccc6c6ccccc65)cc4N(c4c(-c5cccc(CC(C)(C)C)c5)cc(C(C)(C)C)cc4-c4cccc(CC(C)(C)C)c4)c4cc(C(C)(C)C)cc2c43)c1. The number of hydrogen-bond acceptors (Lipinski definition) is 2. The maximum absolute atomic E-state index is 2.81. The molecule has 2 aliphatic heterocycles. The second kappa shape index (κ2) is 28.0. The Balaban J connectivity index is 1.09. The van der Waals surface area contributed by atoms with Crippen LogP contribution in [-0.2, 0) is 41.9 Å². The molecular formula is C110H115BN4. The lowest BCUT2D eigenvalue weighted by Crippen LogP contribution is -2.61. The minimum absolute atomic E-state index is 0.0491. The van der Waals surface area contributed by atoms with Crippen LogP contribution in [0.25, 0.3) is 99.5 Å². The smallest absolute Gasteiger partial charge is 0.252 e. The van der Waals surface area contributed by atoms with Crippen molar-refractivity contribution in [2.24, 2.45) is 21.7 Å². The predicted molar refractivity (Wildman–Crippen MR) is 500 cm³/mol. The molecule has 2 aliphatic rings. The van der Waals surface area contributed by atoms with E-state index in [1.54, 1.807) is 0 Å². The third kappa shape index (κ3) is 14.6. The number of nitrogens with zero attached hydrogens (tertiary/aromatic N) is 4. The van der Waals surface area contributed by atoms with Gasteiger partial charge in [0.15, 0.2) is 0 Å². The molecule has 17 rings (SSSR count). The summed E-state index contributed by atoms with van der Waals surface area (Å²) in [6.45, 7) is 50.0. The van der Waals surface area contributed by atoms with Crippen molar-refractivity contribution in [1.82, 2.24) is 9.13 Å². The second-order valence-corrected chi connectivity index (χ2v) is 41.6. The monoisotopic (exact) mass is 1500 g/mol. The standard InChI is InChI=1S/C110H115BN4/c1-104(2,3)66-70-34-30-38-74(54-70)87-58-78(108(13,14)15)59-88(75-39-31-35-71(55-75)67-105(4,5)6)102(87)114-97-64-81(112-93-46-26-22-42-83(93)84-43-23-27-47-94(84)112)50-52-91(97)111-92-53-51-82(113-95-48-28-24-44-85(95)86-45-25-29-49-96(86)113)65-98(92)115(100-63-80(110(19,20)21)62-99(114)101(100)111)103-89(76-40-32-36-72(56-76)68-106(7,8)9)60-79(109(16,17)18)61-90(103)77-41-33-37-73(57-77)69-107(10,11)12/h22-65H,66-69H2,1-21H3. The highest BCUT2D eigenvalue weighted by molar-refractivity contribution is 7.00. The Morgan fingerprint density at radius 2 is 0.504 bits per heavy atom. The van der Waals surface area contributed by atoms with Crippen molar-refractivity contribution in [3.05, 3.63) is 306 Å². The Hall–Kier alpha value is -10.9. The van der Waals surface area contributed by atoms with Gasteiger partial charge in [0.25, 0.3) is 6.71 Å². The molecule has 0 radical (unpaired) electrons. The molecule has 5 heteroatoms. The van der Waals surface area contributed by atoms with Crippen LogP contribution in [0.4, 0.5) is 34.1 Å². The van der Waals surface area contributed by atoms with Crippen LogP contribution in [-0.4, -0.2) is 15.8 Å². The van der Waals surface area contributed by atoms with Gasteiger partial charge in [0.2, 0.25) is 0 Å². The summed E-state index contributed by atoms with van der Waals surface area (Å²) >= 11 is 0. The van der Waals surface area contributed by atoms with Crippen molar-refractivity contribution >= 4 is 101 Å². The van der Waals surface area contributed by atoms with E-state index in [1.165, 1.54) is 166 Å². The lowest BCUT2D eigenvalue weighted by Gasteiger charge is -2.47. The highest BCUT2D eigenvalue weighted by Crippen LogP contribution is 2.56. The van der Waals surface area contributed by atoms with Crippen molar-refractivity contribution in [1.29, 1.82) is 0 Å². The Labute approximate surface area is 686 Å². The first kappa shape index (κ1) is 76.7. The lowest BCUT2D eigenvalue weighted by molar-refractivity contribution is 0.411. The number of benzene rings is 13. The molecule has 0 unspecified atom stereocenters. The van der Waals surface area contributed by atoms with Gasteiger partial charge >= 0.3 is 0 Å². The molecule has 13 aromatic carbocycles. The molecule has 0 saturated heterocycles. The van der Waals surface area contributed by atoms with Crippen molar-refractivity contribution in [3.63, 3.8) is 0 Å². The minimum atomic E-state index is -0.358. The Morgan fingerprint density at radius 3 is 0.765 bits per heavy atom. The molecule has 0 aliphatic carbocycles. The molecule has 0 bridgehead atoms. The van der Waals surface area contributed by atoms with Gasteiger partial charge in [0, 0.05) is 77.9 Å². The third-order valence-corrected chi connectivity index (χ3v) is 23.9. The number of hydrogen-bond donors (Lipinski definition) is 0. The quantitative estimate of drug-likeness (QED) is 0.113. The topological polar surface area (TPSA) is 16.3 Å². The van der Waals surface area contributed by atoms with Crippen LogP contribution >= 0.6 is 0 Å². The number of fused-ring (bicyclic) bond motifs is 10. The molecule has 0 atom stereocenters. The zero-order chi connectivity index (χ0) is 81.0. The summed E-state index contributed by atoms with van der Waals surface area (Å²) in [5, 5.41) is 4.95. The average Bonchev–Trinajstić information content (AvgIpc) is 0.894. The van der Waals surface area contributed by atoms with Gasteiger partial charge in [0.05, 0.1) is 33.4 Å². The fraction of sp³-hybridized carbons (Fsp3) is 0.291. The number of aromatic nitrogens is 2. The second-order valence-electron chi connectivity index (χ2n) is 41.6.